The number of nitrogens with zero attached hydrogens (tertiary/aromatic N) is 1. The Hall–Kier alpha value is -1.51. The first-order chi connectivity index (χ1) is 7.06. The Kier molecular flexibility index (Phi) is 2.18. The number of para-hydroxylation sites is 1. The van der Waals surface area contributed by atoms with E-state index < -0.39 is 5.41 Å². The third-order valence-electron chi connectivity index (χ3n) is 2.91. The van der Waals surface area contributed by atoms with Crippen molar-refractivity contribution < 1.29 is 4.79 Å². The fraction of sp³-hybridized carbons (Fsp3) is 0.250. The summed E-state index contributed by atoms with van der Waals surface area (Å²) in [4.78, 5) is 11.0. The van der Waals surface area contributed by atoms with Crippen molar-refractivity contribution in [2.24, 2.45) is 0 Å². The van der Waals surface area contributed by atoms with Crippen LogP contribution in [0.3, 0.4) is 0 Å². The van der Waals surface area contributed by atoms with E-state index >= 15 is 0 Å². The van der Waals surface area contributed by atoms with Crippen molar-refractivity contribution in [3.8, 4) is 0 Å². The lowest BCUT2D eigenvalue weighted by Gasteiger charge is -2.18. The summed E-state index contributed by atoms with van der Waals surface area (Å²) in [5.74, 6) is 0. The van der Waals surface area contributed by atoms with Gasteiger partial charge in [-0.3, -0.25) is 0 Å². The molecule has 0 saturated heterocycles. The second-order valence-corrected chi connectivity index (χ2v) is 4.49. The van der Waals surface area contributed by atoms with E-state index in [9.17, 15) is 4.79 Å². The Bertz CT molecular complexity index is 513. The molecule has 2 nitrogen and oxygen atoms in total. The molecular weight excluding hydrogens is 185 g/mol. The standard InChI is InChI=1S/C12H14BNO/c1-12(2,8-15)11-7-9-5-3-4-6-10(9)14(11)13/h3-8H,13H2,1-2H3. The van der Waals surface area contributed by atoms with Gasteiger partial charge in [0.05, 0.1) is 5.41 Å². The van der Waals surface area contributed by atoms with Crippen LogP contribution in [0.5, 0.6) is 0 Å². The van der Waals surface area contributed by atoms with Crippen molar-refractivity contribution in [1.29, 1.82) is 0 Å². The van der Waals surface area contributed by atoms with Gasteiger partial charge in [-0.05, 0) is 31.4 Å². The zero-order valence-electron chi connectivity index (χ0n) is 9.32. The van der Waals surface area contributed by atoms with Crippen molar-refractivity contribution in [3.63, 3.8) is 0 Å². The van der Waals surface area contributed by atoms with Crippen LogP contribution in [-0.2, 0) is 10.2 Å². The highest BCUT2D eigenvalue weighted by atomic mass is 16.1. The molecule has 15 heavy (non-hydrogen) atoms. The molecule has 1 aromatic heterocycles. The van der Waals surface area contributed by atoms with Crippen LogP contribution in [-0.4, -0.2) is 18.7 Å². The number of aldehydes is 1. The Balaban J connectivity index is 2.73. The van der Waals surface area contributed by atoms with Gasteiger partial charge >= 0.3 is 0 Å². The van der Waals surface area contributed by atoms with Crippen molar-refractivity contribution in [2.75, 3.05) is 0 Å². The minimum absolute atomic E-state index is 0.423. The van der Waals surface area contributed by atoms with Gasteiger partial charge in [-0.15, -0.1) is 0 Å². The van der Waals surface area contributed by atoms with E-state index in [4.69, 9.17) is 0 Å². The number of hydrogen-bond acceptors (Lipinski definition) is 1. The largest absolute Gasteiger partial charge is 0.396 e. The maximum absolute atomic E-state index is 11.0. The number of rotatable bonds is 2. The summed E-state index contributed by atoms with van der Waals surface area (Å²) in [5, 5.41) is 1.19. The lowest BCUT2D eigenvalue weighted by Crippen LogP contribution is -2.22. The highest BCUT2D eigenvalue weighted by molar-refractivity contribution is 6.12. The van der Waals surface area contributed by atoms with Gasteiger partial charge < -0.3 is 9.27 Å². The van der Waals surface area contributed by atoms with E-state index in [0.717, 1.165) is 12.0 Å². The molecule has 0 N–H and O–H groups in total. The molecule has 0 fully saturated rings. The highest BCUT2D eigenvalue weighted by Crippen LogP contribution is 2.26. The monoisotopic (exact) mass is 199 g/mol. The predicted octanol–water partition coefficient (Wildman–Crippen LogP) is 1.51. The molecule has 0 amide bonds. The molecule has 0 spiro atoms. The first-order valence-corrected chi connectivity index (χ1v) is 5.07. The summed E-state index contributed by atoms with van der Waals surface area (Å²) in [6.07, 6.45) is 1.00. The third-order valence-corrected chi connectivity index (χ3v) is 2.91. The molecule has 2 rings (SSSR count). The van der Waals surface area contributed by atoms with Crippen LogP contribution in [0.25, 0.3) is 10.9 Å². The van der Waals surface area contributed by atoms with Crippen molar-refractivity contribution in [1.82, 2.24) is 4.48 Å². The van der Waals surface area contributed by atoms with E-state index in [1.165, 1.54) is 10.9 Å². The molecule has 0 aliphatic rings. The Labute approximate surface area is 90.3 Å². The topological polar surface area (TPSA) is 22.0 Å². The van der Waals surface area contributed by atoms with Crippen LogP contribution in [0.4, 0.5) is 0 Å². The van der Waals surface area contributed by atoms with Gasteiger partial charge in [0, 0.05) is 11.2 Å². The van der Waals surface area contributed by atoms with E-state index in [1.807, 2.05) is 34.0 Å². The molecule has 0 aliphatic heterocycles. The molecule has 0 bridgehead atoms. The summed E-state index contributed by atoms with van der Waals surface area (Å²) in [7, 11) is 2.00. The average molecular weight is 199 g/mol. The Morgan fingerprint density at radius 3 is 2.60 bits per heavy atom. The summed E-state index contributed by atoms with van der Waals surface area (Å²) in [5.41, 5.74) is 1.80. The van der Waals surface area contributed by atoms with E-state index in [2.05, 4.69) is 22.7 Å². The fourth-order valence-corrected chi connectivity index (χ4v) is 1.97. The van der Waals surface area contributed by atoms with Crippen LogP contribution in [0.1, 0.15) is 19.5 Å². The third kappa shape index (κ3) is 1.48. The summed E-state index contributed by atoms with van der Waals surface area (Å²) in [6, 6.07) is 10.3. The second kappa shape index (κ2) is 3.26. The minimum atomic E-state index is -0.423. The van der Waals surface area contributed by atoms with Crippen molar-refractivity contribution in [3.05, 3.63) is 36.0 Å². The smallest absolute Gasteiger partial charge is 0.223 e. The van der Waals surface area contributed by atoms with Gasteiger partial charge in [-0.25, -0.2) is 0 Å². The van der Waals surface area contributed by atoms with E-state index in [1.54, 1.807) is 0 Å². The molecule has 0 aliphatic carbocycles. The molecule has 0 atom stereocenters. The zero-order valence-corrected chi connectivity index (χ0v) is 9.32. The Morgan fingerprint density at radius 1 is 1.33 bits per heavy atom. The van der Waals surface area contributed by atoms with Crippen LogP contribution in [0.2, 0.25) is 0 Å². The lowest BCUT2D eigenvalue weighted by molar-refractivity contribution is -0.111. The van der Waals surface area contributed by atoms with Gasteiger partial charge in [0.15, 0.2) is 0 Å². The number of fused-ring (bicyclic) bond motifs is 1. The average Bonchev–Trinajstić information content (AvgIpc) is 2.58. The molecule has 0 radical (unpaired) electrons. The highest BCUT2D eigenvalue weighted by Gasteiger charge is 2.23. The first kappa shape index (κ1) is 10.0. The molecular formula is C12H14BNO. The number of hydrogen-bond donors (Lipinski definition) is 0. The van der Waals surface area contributed by atoms with Crippen molar-refractivity contribution in [2.45, 2.75) is 19.3 Å². The van der Waals surface area contributed by atoms with Crippen LogP contribution in [0, 0.1) is 0 Å². The molecule has 0 saturated carbocycles. The first-order valence-electron chi connectivity index (χ1n) is 5.07. The van der Waals surface area contributed by atoms with Gasteiger partial charge in [-0.2, -0.15) is 0 Å². The lowest BCUT2D eigenvalue weighted by atomic mass is 9.90. The second-order valence-electron chi connectivity index (χ2n) is 4.49. The maximum atomic E-state index is 11.0. The van der Waals surface area contributed by atoms with Crippen LogP contribution in [0.15, 0.2) is 30.3 Å². The molecule has 1 aromatic carbocycles. The van der Waals surface area contributed by atoms with Gasteiger partial charge in [-0.1, -0.05) is 18.2 Å². The fourth-order valence-electron chi connectivity index (χ4n) is 1.97. The SMILES string of the molecule is Bn1c(C(C)(C)C=O)cc2ccccc21. The molecule has 0 unspecified atom stereocenters. The molecule has 3 heteroatoms. The normalized spacial score (nSPS) is 11.9. The zero-order chi connectivity index (χ0) is 11.1. The minimum Gasteiger partial charge on any atom is -0.396 e. The quantitative estimate of drug-likeness (QED) is 0.530. The predicted molar refractivity (Wildman–Crippen MR) is 65.0 cm³/mol. The molecule has 76 valence electrons. The van der Waals surface area contributed by atoms with Gasteiger partial charge in [0.25, 0.3) is 0 Å². The summed E-state index contributed by atoms with van der Waals surface area (Å²) >= 11 is 0. The van der Waals surface area contributed by atoms with Crippen molar-refractivity contribution >= 4 is 25.2 Å². The van der Waals surface area contributed by atoms with Crippen LogP contribution >= 0.6 is 0 Å². The van der Waals surface area contributed by atoms with Gasteiger partial charge in [0.1, 0.15) is 6.29 Å². The maximum Gasteiger partial charge on any atom is 0.223 e. The Morgan fingerprint density at radius 2 is 2.00 bits per heavy atom. The van der Waals surface area contributed by atoms with E-state index in [-0.39, 0.29) is 0 Å². The van der Waals surface area contributed by atoms with Gasteiger partial charge in [0.2, 0.25) is 7.98 Å². The van der Waals surface area contributed by atoms with E-state index in [0.29, 0.717) is 0 Å². The van der Waals surface area contributed by atoms with Crippen LogP contribution < -0.4 is 0 Å². The number of aromatic nitrogens is 1. The number of benzene rings is 1. The summed E-state index contributed by atoms with van der Waals surface area (Å²) < 4.78 is 2.09. The summed E-state index contributed by atoms with van der Waals surface area (Å²) in [6.45, 7) is 3.88. The molecule has 2 aromatic rings. The number of carbonyl (C=O) groups is 1. The molecule has 1 heterocycles. The number of carbonyl (C=O) groups excluding carboxylic acids is 1.